The first-order valence-electron chi connectivity index (χ1n) is 7.42. The molecule has 126 valence electrons. The number of thiophene rings is 1. The molecule has 24 heavy (non-hydrogen) atoms. The average molecular weight is 349 g/mol. The van der Waals surface area contributed by atoms with E-state index in [0.717, 1.165) is 35.9 Å². The second-order valence-corrected chi connectivity index (χ2v) is 6.27. The number of ether oxygens (including phenoxy) is 1. The van der Waals surface area contributed by atoms with Crippen LogP contribution < -0.4 is 11.2 Å². The van der Waals surface area contributed by atoms with E-state index in [2.05, 4.69) is 9.98 Å². The van der Waals surface area contributed by atoms with Crippen molar-refractivity contribution in [2.45, 2.75) is 26.2 Å². The van der Waals surface area contributed by atoms with Crippen molar-refractivity contribution in [3.63, 3.8) is 0 Å². The van der Waals surface area contributed by atoms with E-state index in [1.54, 1.807) is 6.92 Å². The van der Waals surface area contributed by atoms with Crippen LogP contribution in [0.4, 0.5) is 5.00 Å². The van der Waals surface area contributed by atoms with E-state index in [-0.39, 0.29) is 12.2 Å². The zero-order chi connectivity index (χ0) is 17.3. The molecule has 0 aliphatic heterocycles. The first kappa shape index (κ1) is 16.2. The molecule has 9 heteroatoms. The third kappa shape index (κ3) is 2.90. The van der Waals surface area contributed by atoms with Crippen molar-refractivity contribution in [1.82, 2.24) is 9.97 Å². The minimum atomic E-state index is -0.808. The van der Waals surface area contributed by atoms with E-state index in [0.29, 0.717) is 10.6 Å². The summed E-state index contributed by atoms with van der Waals surface area (Å²) < 4.78 is 5.10. The second-order valence-electron chi connectivity index (χ2n) is 5.19. The smallest absolute Gasteiger partial charge is 0.341 e. The summed E-state index contributed by atoms with van der Waals surface area (Å²) in [6, 6.07) is 0. The number of H-pyrrole nitrogens is 2. The summed E-state index contributed by atoms with van der Waals surface area (Å²) in [6.07, 6.45) is 3.79. The molecular weight excluding hydrogens is 334 g/mol. The molecule has 2 aromatic rings. The van der Waals surface area contributed by atoms with Crippen LogP contribution in [-0.4, -0.2) is 33.9 Å². The number of aliphatic imine (C=N–C) groups is 1. The Bertz CT molecular complexity index is 938. The van der Waals surface area contributed by atoms with Crippen LogP contribution in [0.15, 0.2) is 14.6 Å². The predicted molar refractivity (Wildman–Crippen MR) is 88.9 cm³/mol. The summed E-state index contributed by atoms with van der Waals surface area (Å²) in [4.78, 5) is 44.4. The Balaban J connectivity index is 2.04. The highest BCUT2D eigenvalue weighted by atomic mass is 32.1. The van der Waals surface area contributed by atoms with Crippen molar-refractivity contribution >= 4 is 28.5 Å². The zero-order valence-corrected chi connectivity index (χ0v) is 13.7. The molecule has 0 atom stereocenters. The Morgan fingerprint density at radius 2 is 2.17 bits per heavy atom. The minimum absolute atomic E-state index is 0.182. The summed E-state index contributed by atoms with van der Waals surface area (Å²) >= 11 is 1.37. The van der Waals surface area contributed by atoms with Gasteiger partial charge in [0.1, 0.15) is 10.6 Å². The number of nitrogens with zero attached hydrogens (tertiary/aromatic N) is 1. The molecule has 0 spiro atoms. The van der Waals surface area contributed by atoms with Gasteiger partial charge in [0.2, 0.25) is 5.88 Å². The number of fused-ring (bicyclic) bond motifs is 1. The van der Waals surface area contributed by atoms with Gasteiger partial charge in [-0.15, -0.1) is 11.3 Å². The summed E-state index contributed by atoms with van der Waals surface area (Å²) in [5, 5.41) is 10.1. The van der Waals surface area contributed by atoms with Gasteiger partial charge in [-0.3, -0.25) is 14.8 Å². The Morgan fingerprint density at radius 3 is 2.88 bits per heavy atom. The van der Waals surface area contributed by atoms with Crippen LogP contribution in [0.2, 0.25) is 0 Å². The minimum Gasteiger partial charge on any atom is -0.494 e. The molecule has 2 heterocycles. The van der Waals surface area contributed by atoms with E-state index >= 15 is 0 Å². The lowest BCUT2D eigenvalue weighted by atomic mass is 10.1. The third-order valence-corrected chi connectivity index (χ3v) is 4.85. The van der Waals surface area contributed by atoms with Gasteiger partial charge in [0.15, 0.2) is 0 Å². The van der Waals surface area contributed by atoms with Gasteiger partial charge in [-0.1, -0.05) is 0 Å². The van der Waals surface area contributed by atoms with E-state index in [1.165, 1.54) is 11.3 Å². The molecule has 8 nitrogen and oxygen atoms in total. The van der Waals surface area contributed by atoms with Crippen molar-refractivity contribution < 1.29 is 14.6 Å². The molecule has 0 fully saturated rings. The van der Waals surface area contributed by atoms with Gasteiger partial charge in [0.25, 0.3) is 5.56 Å². The number of aromatic hydroxyl groups is 1. The summed E-state index contributed by atoms with van der Waals surface area (Å²) in [7, 11) is 0. The van der Waals surface area contributed by atoms with Gasteiger partial charge in [-0.25, -0.2) is 14.6 Å². The standard InChI is InChI=1S/C15H15N3O5S/c1-2-23-14(21)10-7-4-3-5-9(7)24-13(10)16-6-8-11(19)17-15(22)18-12(8)20/h6H,2-5H2,1H3,(H3,17,18,19,20,22)/b16-6+. The Kier molecular flexibility index (Phi) is 4.34. The van der Waals surface area contributed by atoms with Crippen LogP contribution in [-0.2, 0) is 17.6 Å². The maximum atomic E-state index is 12.2. The molecule has 0 bridgehead atoms. The number of carbonyl (C=O) groups excluding carboxylic acids is 1. The first-order chi connectivity index (χ1) is 11.5. The number of nitrogens with one attached hydrogen (secondary N) is 2. The van der Waals surface area contributed by atoms with Gasteiger partial charge in [-0.05, 0) is 31.7 Å². The molecule has 0 radical (unpaired) electrons. The highest BCUT2D eigenvalue weighted by Gasteiger charge is 2.27. The van der Waals surface area contributed by atoms with Gasteiger partial charge in [-0.2, -0.15) is 0 Å². The topological polar surface area (TPSA) is 125 Å². The van der Waals surface area contributed by atoms with Crippen LogP contribution in [0.1, 0.15) is 39.7 Å². The van der Waals surface area contributed by atoms with E-state index in [4.69, 9.17) is 4.74 Å². The lowest BCUT2D eigenvalue weighted by molar-refractivity contribution is 0.0527. The molecule has 0 saturated carbocycles. The Hall–Kier alpha value is -2.68. The van der Waals surface area contributed by atoms with Crippen molar-refractivity contribution in [3.8, 4) is 5.88 Å². The van der Waals surface area contributed by atoms with E-state index < -0.39 is 23.1 Å². The molecule has 3 rings (SSSR count). The largest absolute Gasteiger partial charge is 0.494 e. The summed E-state index contributed by atoms with van der Waals surface area (Å²) in [5.74, 6) is -1.02. The van der Waals surface area contributed by atoms with Crippen LogP contribution in [0.5, 0.6) is 5.88 Å². The van der Waals surface area contributed by atoms with Crippen LogP contribution in [0.25, 0.3) is 0 Å². The van der Waals surface area contributed by atoms with Crippen molar-refractivity contribution in [2.24, 2.45) is 4.99 Å². The SMILES string of the molecule is CCOC(=O)c1c(/N=C/c2c(O)[nH]c(=O)[nH]c2=O)sc2c1CCC2. The summed E-state index contributed by atoms with van der Waals surface area (Å²) in [5.41, 5.74) is -0.382. The average Bonchev–Trinajstić information content (AvgIpc) is 3.06. The lowest BCUT2D eigenvalue weighted by Gasteiger charge is -2.03. The van der Waals surface area contributed by atoms with Crippen molar-refractivity contribution in [1.29, 1.82) is 0 Å². The molecule has 1 aliphatic carbocycles. The number of aromatic nitrogens is 2. The van der Waals surface area contributed by atoms with Crippen LogP contribution >= 0.6 is 11.3 Å². The molecule has 0 saturated heterocycles. The monoisotopic (exact) mass is 349 g/mol. The highest BCUT2D eigenvalue weighted by molar-refractivity contribution is 7.16. The summed E-state index contributed by atoms with van der Waals surface area (Å²) in [6.45, 7) is 1.98. The number of aromatic amines is 2. The molecular formula is C15H15N3O5S. The fraction of sp³-hybridized carbons (Fsp3) is 0.333. The van der Waals surface area contributed by atoms with E-state index in [9.17, 15) is 19.5 Å². The maximum absolute atomic E-state index is 12.2. The maximum Gasteiger partial charge on any atom is 0.341 e. The van der Waals surface area contributed by atoms with Gasteiger partial charge < -0.3 is 9.84 Å². The number of aryl methyl sites for hydroxylation is 1. The number of rotatable bonds is 4. The van der Waals surface area contributed by atoms with E-state index in [1.807, 2.05) is 4.98 Å². The van der Waals surface area contributed by atoms with Gasteiger partial charge in [0.05, 0.1) is 12.2 Å². The number of carbonyl (C=O) groups is 1. The van der Waals surface area contributed by atoms with Crippen LogP contribution in [0, 0.1) is 0 Å². The van der Waals surface area contributed by atoms with Gasteiger partial charge >= 0.3 is 11.7 Å². The molecule has 2 aromatic heterocycles. The molecule has 1 aliphatic rings. The first-order valence-corrected chi connectivity index (χ1v) is 8.24. The second kappa shape index (κ2) is 6.44. The third-order valence-electron chi connectivity index (χ3n) is 3.65. The van der Waals surface area contributed by atoms with Crippen molar-refractivity contribution in [2.75, 3.05) is 6.61 Å². The fourth-order valence-electron chi connectivity index (χ4n) is 2.62. The molecule has 0 aromatic carbocycles. The predicted octanol–water partition coefficient (Wildman–Crippen LogP) is 1.25. The molecule has 3 N–H and O–H groups in total. The zero-order valence-electron chi connectivity index (χ0n) is 12.8. The van der Waals surface area contributed by atoms with Gasteiger partial charge in [0, 0.05) is 11.1 Å². The lowest BCUT2D eigenvalue weighted by Crippen LogP contribution is -2.24. The molecule has 0 amide bonds. The quantitative estimate of drug-likeness (QED) is 0.566. The number of esters is 1. The number of hydrogen-bond donors (Lipinski definition) is 3. The van der Waals surface area contributed by atoms with Crippen molar-refractivity contribution in [3.05, 3.63) is 42.4 Å². The fourth-order valence-corrected chi connectivity index (χ4v) is 3.84. The highest BCUT2D eigenvalue weighted by Crippen LogP contribution is 2.41. The molecule has 0 unspecified atom stereocenters. The Morgan fingerprint density at radius 1 is 1.38 bits per heavy atom. The number of hydrogen-bond acceptors (Lipinski definition) is 7. The Labute approximate surface area is 139 Å². The van der Waals surface area contributed by atoms with Crippen LogP contribution in [0.3, 0.4) is 0 Å². The normalized spacial score (nSPS) is 13.4.